The molecule has 1 aromatic heterocycles. The molecule has 1 aliphatic heterocycles. The lowest BCUT2D eigenvalue weighted by Crippen LogP contribution is -2.35. The van der Waals surface area contributed by atoms with E-state index >= 15 is 0 Å². The maximum absolute atomic E-state index is 9.79. The number of hydrogen-bond donors (Lipinski definition) is 1. The molecule has 1 saturated heterocycles. The van der Waals surface area contributed by atoms with Crippen molar-refractivity contribution < 1.29 is 9.84 Å². The molecule has 0 atom stereocenters. The molecule has 1 aliphatic rings. The van der Waals surface area contributed by atoms with E-state index in [1.807, 2.05) is 23.5 Å². The number of ether oxygens (including phenoxy) is 1. The van der Waals surface area contributed by atoms with Crippen LogP contribution in [-0.4, -0.2) is 36.3 Å². The molecule has 0 aliphatic carbocycles. The average Bonchev–Trinajstić information content (AvgIpc) is 3.07. The Labute approximate surface area is 182 Å². The van der Waals surface area contributed by atoms with Crippen LogP contribution < -0.4 is 0 Å². The van der Waals surface area contributed by atoms with Gasteiger partial charge in [-0.25, -0.2) is 0 Å². The van der Waals surface area contributed by atoms with Gasteiger partial charge in [0.1, 0.15) is 5.75 Å². The van der Waals surface area contributed by atoms with E-state index in [1.54, 1.807) is 12.1 Å². The number of phenols is 1. The van der Waals surface area contributed by atoms with Gasteiger partial charge in [0.05, 0.1) is 17.9 Å². The Balaban J connectivity index is 1.77. The first-order chi connectivity index (χ1) is 14.1. The Morgan fingerprint density at radius 3 is 2.45 bits per heavy atom. The topological polar surface area (TPSA) is 32.7 Å². The van der Waals surface area contributed by atoms with Crippen molar-refractivity contribution in [2.24, 2.45) is 0 Å². The summed E-state index contributed by atoms with van der Waals surface area (Å²) in [4.78, 5) is 3.90. The van der Waals surface area contributed by atoms with Crippen molar-refractivity contribution in [1.29, 1.82) is 0 Å². The minimum Gasteiger partial charge on any atom is -0.508 e. The molecule has 2 heterocycles. The van der Waals surface area contributed by atoms with E-state index in [2.05, 4.69) is 52.0 Å². The number of rotatable bonds is 3. The zero-order valence-electron chi connectivity index (χ0n) is 16.2. The standard InChI is InChI=1S/C24H22BrNO2S/c1-15-20(14-26-10-12-28-13-11-26)29-24-21(15)22(16-6-8-17(27)9-7-16)18-4-2-3-5-19(18)23(24)25/h2-9,27H,10-14H2,1H3. The summed E-state index contributed by atoms with van der Waals surface area (Å²) in [7, 11) is 0. The summed E-state index contributed by atoms with van der Waals surface area (Å²) >= 11 is 5.80. The largest absolute Gasteiger partial charge is 0.508 e. The second-order valence-electron chi connectivity index (χ2n) is 7.52. The van der Waals surface area contributed by atoms with Gasteiger partial charge in [0.15, 0.2) is 0 Å². The number of aryl methyl sites for hydroxylation is 1. The molecule has 1 N–H and O–H groups in total. The van der Waals surface area contributed by atoms with Crippen molar-refractivity contribution in [2.45, 2.75) is 13.5 Å². The average molecular weight is 468 g/mol. The predicted molar refractivity (Wildman–Crippen MR) is 125 cm³/mol. The van der Waals surface area contributed by atoms with Crippen LogP contribution in [-0.2, 0) is 11.3 Å². The van der Waals surface area contributed by atoms with Crippen LogP contribution in [0.1, 0.15) is 10.4 Å². The van der Waals surface area contributed by atoms with Gasteiger partial charge >= 0.3 is 0 Å². The summed E-state index contributed by atoms with van der Waals surface area (Å²) in [6, 6.07) is 16.1. The van der Waals surface area contributed by atoms with Crippen LogP contribution >= 0.6 is 27.3 Å². The van der Waals surface area contributed by atoms with Crippen molar-refractivity contribution in [1.82, 2.24) is 4.90 Å². The molecule has 0 saturated carbocycles. The van der Waals surface area contributed by atoms with Gasteiger partial charge in [-0.05, 0) is 62.4 Å². The van der Waals surface area contributed by atoms with Gasteiger partial charge in [0.25, 0.3) is 0 Å². The third kappa shape index (κ3) is 3.36. The third-order valence-electron chi connectivity index (χ3n) is 5.75. The number of phenolic OH excluding ortho intramolecular Hbond substituents is 1. The van der Waals surface area contributed by atoms with Crippen LogP contribution in [0.4, 0.5) is 0 Å². The van der Waals surface area contributed by atoms with Gasteiger partial charge in [0.2, 0.25) is 0 Å². The van der Waals surface area contributed by atoms with Gasteiger partial charge in [-0.15, -0.1) is 11.3 Å². The molecule has 3 aromatic carbocycles. The maximum atomic E-state index is 9.79. The van der Waals surface area contributed by atoms with E-state index in [0.717, 1.165) is 38.4 Å². The number of morpholine rings is 1. The van der Waals surface area contributed by atoms with Gasteiger partial charge < -0.3 is 9.84 Å². The van der Waals surface area contributed by atoms with E-state index in [4.69, 9.17) is 4.74 Å². The molecule has 148 valence electrons. The molecular formula is C24H22BrNO2S. The first-order valence-electron chi connectivity index (χ1n) is 9.85. The van der Waals surface area contributed by atoms with Crippen molar-refractivity contribution in [3.05, 3.63) is 63.4 Å². The second kappa shape index (κ2) is 7.73. The molecule has 3 nitrogen and oxygen atoms in total. The molecular weight excluding hydrogens is 446 g/mol. The number of benzene rings is 3. The molecule has 0 unspecified atom stereocenters. The van der Waals surface area contributed by atoms with E-state index in [-0.39, 0.29) is 0 Å². The van der Waals surface area contributed by atoms with Gasteiger partial charge in [-0.3, -0.25) is 4.90 Å². The molecule has 0 spiro atoms. The van der Waals surface area contributed by atoms with Crippen LogP contribution in [0.2, 0.25) is 0 Å². The molecule has 4 aromatic rings. The summed E-state index contributed by atoms with van der Waals surface area (Å²) < 4.78 is 7.99. The number of hydrogen-bond acceptors (Lipinski definition) is 4. The quantitative estimate of drug-likeness (QED) is 0.382. The van der Waals surface area contributed by atoms with Crippen molar-refractivity contribution in [3.8, 4) is 16.9 Å². The smallest absolute Gasteiger partial charge is 0.115 e. The van der Waals surface area contributed by atoms with E-state index < -0.39 is 0 Å². The fourth-order valence-electron chi connectivity index (χ4n) is 4.21. The number of thiophene rings is 1. The molecule has 0 radical (unpaired) electrons. The Hall–Kier alpha value is -1.92. The van der Waals surface area contributed by atoms with E-state index in [0.29, 0.717) is 5.75 Å². The highest BCUT2D eigenvalue weighted by atomic mass is 79.9. The number of fused-ring (bicyclic) bond motifs is 2. The molecule has 0 amide bonds. The summed E-state index contributed by atoms with van der Waals surface area (Å²) in [5.41, 5.74) is 3.74. The van der Waals surface area contributed by atoms with Crippen molar-refractivity contribution >= 4 is 48.1 Å². The molecule has 5 rings (SSSR count). The number of aromatic hydroxyl groups is 1. The lowest BCUT2D eigenvalue weighted by atomic mass is 9.93. The lowest BCUT2D eigenvalue weighted by molar-refractivity contribution is 0.0346. The molecule has 29 heavy (non-hydrogen) atoms. The highest BCUT2D eigenvalue weighted by molar-refractivity contribution is 9.11. The Morgan fingerprint density at radius 2 is 1.72 bits per heavy atom. The third-order valence-corrected chi connectivity index (χ3v) is 8.13. The normalized spacial score (nSPS) is 15.4. The van der Waals surface area contributed by atoms with Crippen LogP contribution in [0.15, 0.2) is 53.0 Å². The van der Waals surface area contributed by atoms with Gasteiger partial charge in [-0.1, -0.05) is 36.4 Å². The molecule has 5 heteroatoms. The van der Waals surface area contributed by atoms with Gasteiger partial charge in [0, 0.05) is 34.4 Å². The summed E-state index contributed by atoms with van der Waals surface area (Å²) in [6.07, 6.45) is 0. The Kier molecular flexibility index (Phi) is 5.08. The minimum absolute atomic E-state index is 0.293. The highest BCUT2D eigenvalue weighted by Crippen LogP contribution is 2.47. The van der Waals surface area contributed by atoms with Crippen molar-refractivity contribution in [2.75, 3.05) is 26.3 Å². The monoisotopic (exact) mass is 467 g/mol. The predicted octanol–water partition coefficient (Wildman–Crippen LogP) is 6.33. The summed E-state index contributed by atoms with van der Waals surface area (Å²) in [5.74, 6) is 0.293. The number of nitrogens with zero attached hydrogens (tertiary/aromatic N) is 1. The zero-order chi connectivity index (χ0) is 20.0. The fourth-order valence-corrected chi connectivity index (χ4v) is 6.30. The maximum Gasteiger partial charge on any atom is 0.115 e. The van der Waals surface area contributed by atoms with Crippen LogP contribution in [0.5, 0.6) is 5.75 Å². The summed E-state index contributed by atoms with van der Waals surface area (Å²) in [6.45, 7) is 6.82. The zero-order valence-corrected chi connectivity index (χ0v) is 18.6. The van der Waals surface area contributed by atoms with Crippen LogP contribution in [0, 0.1) is 6.92 Å². The second-order valence-corrected chi connectivity index (χ2v) is 9.42. The fraction of sp³-hybridized carbons (Fsp3) is 0.250. The van der Waals surface area contributed by atoms with Crippen molar-refractivity contribution in [3.63, 3.8) is 0 Å². The van der Waals surface area contributed by atoms with Crippen LogP contribution in [0.25, 0.3) is 32.0 Å². The Morgan fingerprint density at radius 1 is 1.03 bits per heavy atom. The van der Waals surface area contributed by atoms with E-state index in [1.165, 1.54) is 41.3 Å². The molecule has 0 bridgehead atoms. The summed E-state index contributed by atoms with van der Waals surface area (Å²) in [5, 5.41) is 13.6. The molecule has 1 fully saturated rings. The first kappa shape index (κ1) is 19.1. The van der Waals surface area contributed by atoms with Crippen LogP contribution in [0.3, 0.4) is 0 Å². The Bertz CT molecular complexity index is 1190. The van der Waals surface area contributed by atoms with Gasteiger partial charge in [-0.2, -0.15) is 0 Å². The SMILES string of the molecule is Cc1c(CN2CCOCC2)sc2c(Br)c3ccccc3c(-c3ccc(O)cc3)c12. The number of halogens is 1. The highest BCUT2D eigenvalue weighted by Gasteiger charge is 2.21. The minimum atomic E-state index is 0.293. The van der Waals surface area contributed by atoms with E-state index in [9.17, 15) is 5.11 Å². The first-order valence-corrected chi connectivity index (χ1v) is 11.5. The lowest BCUT2D eigenvalue weighted by Gasteiger charge is -2.26.